The van der Waals surface area contributed by atoms with Gasteiger partial charge in [-0.1, -0.05) is 7.43 Å². The van der Waals surface area contributed by atoms with Crippen LogP contribution in [0.5, 0.6) is 0 Å². The number of fused-ring (bicyclic) bond motifs is 40. The Hall–Kier alpha value is -12.8. The average Bonchev–Trinajstić information content (AvgIpc) is 1.66. The fourth-order valence-electron chi connectivity index (χ4n) is 10.9. The minimum Gasteiger partial charge on any atom is -0.324 e. The molecule has 4 N–H and O–H groups in total. The number of hydrogen-bond donors (Lipinski definition) is 4. The van der Waals surface area contributed by atoms with Crippen LogP contribution in [0.2, 0.25) is 0 Å². The van der Waals surface area contributed by atoms with Crippen molar-refractivity contribution in [3.05, 3.63) is 177 Å². The minimum atomic E-state index is 0. The second kappa shape index (κ2) is 23.6. The van der Waals surface area contributed by atoms with Crippen LogP contribution in [0.15, 0.2) is 166 Å². The van der Waals surface area contributed by atoms with Crippen LogP contribution in [0.1, 0.15) is 18.6 Å². The van der Waals surface area contributed by atoms with Crippen LogP contribution in [-0.2, 0) is 0 Å². The fourth-order valence-corrected chi connectivity index (χ4v) is 10.9. The van der Waals surface area contributed by atoms with E-state index in [1.165, 1.54) is 18.5 Å². The van der Waals surface area contributed by atoms with Crippen LogP contribution in [-0.4, -0.2) is 134 Å². The summed E-state index contributed by atoms with van der Waals surface area (Å²) in [7, 11) is 3.75. The van der Waals surface area contributed by atoms with Crippen LogP contribution in [0.25, 0.3) is 179 Å². The maximum Gasteiger partial charge on any atom is 0.166 e. The van der Waals surface area contributed by atoms with Gasteiger partial charge in [-0.05, 0) is 55.9 Å². The van der Waals surface area contributed by atoms with Gasteiger partial charge in [0, 0.05) is 239 Å². The largest absolute Gasteiger partial charge is 0.324 e. The van der Waals surface area contributed by atoms with E-state index in [0.717, 1.165) is 87.6 Å². The molecule has 0 atom stereocenters. The molecule has 0 unspecified atom stereocenters. The first-order valence-electron chi connectivity index (χ1n) is 28.0. The Balaban J connectivity index is 0.000000136. The summed E-state index contributed by atoms with van der Waals surface area (Å²) in [6.07, 6.45) is 30.6. The normalized spacial score (nSPS) is 11.2. The maximum atomic E-state index is 8.42. The Morgan fingerprint density at radius 2 is 0.473 bits per heavy atom. The SMILES string of the molecule is C.N#Cc1ccncc1C#N.[2H][B].[U].c1cc2c(cn1)-c1nc-2nc2[nH]c(nc3nc(nc4[nH]c(n1)c1ccncc41)-c1cnccc1-3)c1ccncc21.c1cc2c(cn1)-c1nc-2nc2[nH]c(nc3nc(nc4[nH]c(n1)c1ccncc41)-c1cnccc1-3)c1ccncc21. The zero-order chi connectivity index (χ0) is 61.8. The Kier molecular flexibility index (Phi) is 14.4. The van der Waals surface area contributed by atoms with Gasteiger partial charge < -0.3 is 19.9 Å². The Labute approximate surface area is 548 Å². The summed E-state index contributed by atoms with van der Waals surface area (Å²) in [5, 5.41) is 23.5. The molecule has 0 fully saturated rings. The van der Waals surface area contributed by atoms with Gasteiger partial charge in [-0.25, -0.2) is 59.8 Å². The first-order chi connectivity index (χ1) is 45.5. The zero-order valence-electron chi connectivity index (χ0n) is 48.0. The van der Waals surface area contributed by atoms with Crippen molar-refractivity contribution in [3.8, 4) is 103 Å². The van der Waals surface area contributed by atoms with Crippen LogP contribution in [0.3, 0.4) is 0 Å². The molecule has 4 aliphatic rings. The molecular formula is C64H36BN27U. The van der Waals surface area contributed by atoms with Crippen LogP contribution >= 0.6 is 0 Å². The quantitative estimate of drug-likeness (QED) is 0.103. The Bertz CT molecular complexity index is 5030. The topological polar surface area (TPSA) is 381 Å². The predicted octanol–water partition coefficient (Wildman–Crippen LogP) is 9.71. The number of aromatic amines is 4. The Morgan fingerprint density at radius 3 is 0.731 bits per heavy atom. The van der Waals surface area contributed by atoms with E-state index >= 15 is 0 Å². The van der Waals surface area contributed by atoms with Crippen LogP contribution < -0.4 is 0 Å². The van der Waals surface area contributed by atoms with E-state index in [1.54, 1.807) is 99.1 Å². The molecule has 0 aromatic carbocycles. The zero-order valence-corrected chi connectivity index (χ0v) is 51.1. The standard InChI is InChI=1S/2C28H14N12.C7H3N3.CH4.BH.U/c2*1-5-29-9-17-13(1)21-33-22-14-2-6-31-11-19(14)27(35-22)40-28-20-12-32-8-4-16(20)24(39-28)38-26-18-10-30-7-3-15(18)23(37-26)36-25(17)34-21;8-3-6-1-2-10-5-7(6)4-9;;;/h2*1-12H,(H2,33,34,35,36,37,38,39,40);1-2,5H;1H4;1H;/i;;;;1D;. The summed E-state index contributed by atoms with van der Waals surface area (Å²) in [6, 6.07) is 20.4. The third kappa shape index (κ3) is 9.90. The van der Waals surface area contributed by atoms with Gasteiger partial charge in [-0.2, -0.15) is 10.5 Å². The van der Waals surface area contributed by atoms with E-state index in [0.29, 0.717) is 103 Å². The number of H-pyrrole nitrogens is 4. The molecule has 0 saturated heterocycles. The smallest absolute Gasteiger partial charge is 0.166 e. The molecule has 16 bridgehead atoms. The average molecular weight is 1430 g/mol. The van der Waals surface area contributed by atoms with Crippen molar-refractivity contribution >= 4 is 96.6 Å². The number of nitriles is 2. The second-order valence-electron chi connectivity index (χ2n) is 20.2. The minimum absolute atomic E-state index is 0. The van der Waals surface area contributed by atoms with Gasteiger partial charge >= 0.3 is 0 Å². The van der Waals surface area contributed by atoms with E-state index in [9.17, 15) is 0 Å². The van der Waals surface area contributed by atoms with Crippen LogP contribution in [0.4, 0.5) is 0 Å². The number of rotatable bonds is 0. The molecule has 4 aliphatic heterocycles. The maximum absolute atomic E-state index is 8.42. The molecule has 29 heteroatoms. The predicted molar refractivity (Wildman–Crippen MR) is 342 cm³/mol. The van der Waals surface area contributed by atoms with E-state index in [4.69, 9.17) is 71.7 Å². The summed E-state index contributed by atoms with van der Waals surface area (Å²) in [4.78, 5) is 110. The van der Waals surface area contributed by atoms with E-state index in [-0.39, 0.29) is 38.5 Å². The third-order valence-corrected chi connectivity index (χ3v) is 15.1. The van der Waals surface area contributed by atoms with Gasteiger partial charge in [-0.3, -0.25) is 44.9 Å². The van der Waals surface area contributed by atoms with Gasteiger partial charge in [0.05, 0.1) is 11.1 Å². The van der Waals surface area contributed by atoms with Gasteiger partial charge in [0.2, 0.25) is 0 Å². The van der Waals surface area contributed by atoms with Crippen molar-refractivity contribution in [2.45, 2.75) is 7.43 Å². The van der Waals surface area contributed by atoms with Gasteiger partial charge in [-0.15, -0.1) is 0 Å². The number of nitrogens with zero attached hydrogens (tertiary/aromatic N) is 23. The molecule has 0 amide bonds. The Morgan fingerprint density at radius 1 is 0.258 bits per heavy atom. The third-order valence-electron chi connectivity index (χ3n) is 15.1. The molecule has 27 nitrogen and oxygen atoms in total. The van der Waals surface area contributed by atoms with Gasteiger partial charge in [0.1, 0.15) is 57.3 Å². The molecule has 93 heavy (non-hydrogen) atoms. The molecular weight excluding hydrogens is 1400 g/mol. The fraction of sp³-hybridized carbons (Fsp3) is 0.0156. The molecule has 19 rings (SSSR count). The first kappa shape index (κ1) is 56.7. The van der Waals surface area contributed by atoms with E-state index in [1.807, 2.05) is 60.7 Å². The molecule has 0 aliphatic carbocycles. The number of pyridine rings is 9. The molecule has 0 saturated carbocycles. The van der Waals surface area contributed by atoms with Crippen molar-refractivity contribution in [2.75, 3.05) is 0 Å². The van der Waals surface area contributed by atoms with Crippen molar-refractivity contribution in [1.29, 1.82) is 11.9 Å². The second-order valence-corrected chi connectivity index (χ2v) is 20.2. The van der Waals surface area contributed by atoms with E-state index in [2.05, 4.69) is 73.2 Å². The summed E-state index contributed by atoms with van der Waals surface area (Å²) in [6.45, 7) is 0. The molecule has 15 aromatic heterocycles. The van der Waals surface area contributed by atoms with E-state index < -0.39 is 0 Å². The summed E-state index contributed by atoms with van der Waals surface area (Å²) < 4.78 is 5.25. The number of aromatic nitrogens is 25. The molecule has 19 heterocycles. The number of hydrogen-bond acceptors (Lipinski definition) is 23. The first-order valence-corrected chi connectivity index (χ1v) is 27.4. The summed E-state index contributed by atoms with van der Waals surface area (Å²) in [5.41, 5.74) is 11.8. The molecule has 0 spiro atoms. The number of nitrogens with one attached hydrogen (secondary N) is 4. The van der Waals surface area contributed by atoms with Crippen molar-refractivity contribution in [2.24, 2.45) is 0 Å². The summed E-state index contributed by atoms with van der Waals surface area (Å²) >= 11 is 0. The van der Waals surface area contributed by atoms with Crippen molar-refractivity contribution < 1.29 is 31.1 Å². The monoisotopic (exact) mass is 1430 g/mol. The van der Waals surface area contributed by atoms with Crippen LogP contribution in [0, 0.1) is 53.8 Å². The van der Waals surface area contributed by atoms with Crippen molar-refractivity contribution in [3.63, 3.8) is 0 Å². The van der Waals surface area contributed by atoms with Gasteiger partial charge in [0.15, 0.2) is 46.6 Å². The molecule has 2 radical (unpaired) electrons. The van der Waals surface area contributed by atoms with Crippen molar-refractivity contribution in [1.82, 2.24) is 125 Å². The summed E-state index contributed by atoms with van der Waals surface area (Å²) in [5.74, 6) is 3.99. The molecule has 15 aromatic rings. The van der Waals surface area contributed by atoms with Gasteiger partial charge in [0.25, 0.3) is 0 Å². The molecule has 434 valence electrons.